The molecule has 2 N–H and O–H groups in total. The Morgan fingerprint density at radius 3 is 2.41 bits per heavy atom. The Morgan fingerprint density at radius 2 is 1.72 bits per heavy atom. The maximum Gasteiger partial charge on any atom is 0.279 e. The van der Waals surface area contributed by atoms with Gasteiger partial charge >= 0.3 is 0 Å². The molecule has 32 heavy (non-hydrogen) atoms. The number of hydrogen-bond donors (Lipinski definition) is 2. The van der Waals surface area contributed by atoms with E-state index in [1.54, 1.807) is 55.6 Å². The molecule has 0 saturated heterocycles. The number of benzene rings is 2. The number of nitrogens with one attached hydrogen (secondary N) is 2. The fourth-order valence-electron chi connectivity index (χ4n) is 4.05. The van der Waals surface area contributed by atoms with Crippen LogP contribution in [0, 0.1) is 0 Å². The van der Waals surface area contributed by atoms with Crippen LogP contribution in [0.4, 0.5) is 11.4 Å². The summed E-state index contributed by atoms with van der Waals surface area (Å²) in [6.45, 7) is 0. The van der Waals surface area contributed by atoms with Crippen LogP contribution in [0.15, 0.2) is 59.3 Å². The standard InChI is InChI=1S/C24H24ClN3O4/c1-32-19-9-5-6-17(14-19)27-22(29)15-10-12-16(13-11-15)26-21-20(25)23(30)28(24(21)31)18-7-3-2-4-8-18/h5-6,9-14,18,26H,2-4,7-8H2,1H3,(H,27,29). The summed E-state index contributed by atoms with van der Waals surface area (Å²) in [5.41, 5.74) is 1.70. The van der Waals surface area contributed by atoms with Gasteiger partial charge in [-0.25, -0.2) is 0 Å². The van der Waals surface area contributed by atoms with Crippen molar-refractivity contribution in [3.8, 4) is 5.75 Å². The van der Waals surface area contributed by atoms with Gasteiger partial charge in [0.25, 0.3) is 17.7 Å². The van der Waals surface area contributed by atoms with E-state index in [1.807, 2.05) is 0 Å². The highest BCUT2D eigenvalue weighted by atomic mass is 35.5. The van der Waals surface area contributed by atoms with E-state index in [0.717, 1.165) is 32.1 Å². The van der Waals surface area contributed by atoms with E-state index < -0.39 is 11.8 Å². The van der Waals surface area contributed by atoms with E-state index in [0.29, 0.717) is 22.7 Å². The molecular formula is C24H24ClN3O4. The van der Waals surface area contributed by atoms with E-state index >= 15 is 0 Å². The van der Waals surface area contributed by atoms with Crippen LogP contribution in [-0.2, 0) is 9.59 Å². The number of methoxy groups -OCH3 is 1. The maximum atomic E-state index is 12.9. The quantitative estimate of drug-likeness (QED) is 0.628. The largest absolute Gasteiger partial charge is 0.497 e. The number of amides is 3. The minimum absolute atomic E-state index is 0.0795. The number of imide groups is 1. The summed E-state index contributed by atoms with van der Waals surface area (Å²) in [6, 6.07) is 13.6. The van der Waals surface area contributed by atoms with Crippen LogP contribution in [0.1, 0.15) is 42.5 Å². The topological polar surface area (TPSA) is 87.7 Å². The van der Waals surface area contributed by atoms with E-state index in [4.69, 9.17) is 16.3 Å². The number of nitrogens with zero attached hydrogens (tertiary/aromatic N) is 1. The molecule has 0 radical (unpaired) electrons. The number of carbonyl (C=O) groups is 3. The van der Waals surface area contributed by atoms with Crippen molar-refractivity contribution < 1.29 is 19.1 Å². The first-order chi connectivity index (χ1) is 15.5. The number of halogens is 1. The molecule has 0 spiro atoms. The van der Waals surface area contributed by atoms with Crippen molar-refractivity contribution in [1.29, 1.82) is 0 Å². The highest BCUT2D eigenvalue weighted by molar-refractivity contribution is 6.48. The molecule has 1 aliphatic heterocycles. The molecule has 2 aromatic carbocycles. The molecule has 1 heterocycles. The third-order valence-corrected chi connectivity index (χ3v) is 6.09. The molecule has 2 aliphatic rings. The lowest BCUT2D eigenvalue weighted by atomic mass is 9.94. The zero-order valence-corrected chi connectivity index (χ0v) is 18.4. The first-order valence-electron chi connectivity index (χ1n) is 10.6. The van der Waals surface area contributed by atoms with Gasteiger partial charge in [0.15, 0.2) is 0 Å². The van der Waals surface area contributed by atoms with Crippen molar-refractivity contribution in [1.82, 2.24) is 4.90 Å². The maximum absolute atomic E-state index is 12.9. The molecule has 1 aliphatic carbocycles. The van der Waals surface area contributed by atoms with Crippen LogP contribution >= 0.6 is 11.6 Å². The van der Waals surface area contributed by atoms with Crippen LogP contribution in [0.25, 0.3) is 0 Å². The lowest BCUT2D eigenvalue weighted by Gasteiger charge is -2.29. The van der Waals surface area contributed by atoms with Crippen molar-refractivity contribution in [3.05, 3.63) is 64.8 Å². The molecule has 3 amide bonds. The Bertz CT molecular complexity index is 1070. The molecule has 7 nitrogen and oxygen atoms in total. The van der Waals surface area contributed by atoms with Crippen molar-refractivity contribution in [2.24, 2.45) is 0 Å². The lowest BCUT2D eigenvalue weighted by Crippen LogP contribution is -2.42. The Morgan fingerprint density at radius 1 is 1.00 bits per heavy atom. The summed E-state index contributed by atoms with van der Waals surface area (Å²) in [4.78, 5) is 39.3. The van der Waals surface area contributed by atoms with Crippen molar-refractivity contribution >= 4 is 40.7 Å². The van der Waals surface area contributed by atoms with Crippen molar-refractivity contribution in [2.45, 2.75) is 38.1 Å². The molecule has 4 rings (SSSR count). The van der Waals surface area contributed by atoms with Gasteiger partial charge in [-0.3, -0.25) is 19.3 Å². The van der Waals surface area contributed by atoms with E-state index in [2.05, 4.69) is 10.6 Å². The molecule has 0 aromatic heterocycles. The fraction of sp³-hybridized carbons (Fsp3) is 0.292. The lowest BCUT2D eigenvalue weighted by molar-refractivity contribution is -0.140. The predicted molar refractivity (Wildman–Crippen MR) is 123 cm³/mol. The van der Waals surface area contributed by atoms with E-state index in [9.17, 15) is 14.4 Å². The summed E-state index contributed by atoms with van der Waals surface area (Å²) < 4.78 is 5.16. The second-order valence-corrected chi connectivity index (χ2v) is 8.23. The fourth-order valence-corrected chi connectivity index (χ4v) is 4.27. The molecule has 2 aromatic rings. The van der Waals surface area contributed by atoms with E-state index in [-0.39, 0.29) is 22.7 Å². The molecule has 0 unspecified atom stereocenters. The van der Waals surface area contributed by atoms with Gasteiger partial charge in [0, 0.05) is 29.0 Å². The van der Waals surface area contributed by atoms with Gasteiger partial charge in [0.1, 0.15) is 16.5 Å². The average Bonchev–Trinajstić information content (AvgIpc) is 3.03. The summed E-state index contributed by atoms with van der Waals surface area (Å²) in [7, 11) is 1.56. The summed E-state index contributed by atoms with van der Waals surface area (Å²) in [5.74, 6) is -0.477. The summed E-state index contributed by atoms with van der Waals surface area (Å²) >= 11 is 6.21. The highest BCUT2D eigenvalue weighted by Crippen LogP contribution is 2.32. The number of hydrogen-bond acceptors (Lipinski definition) is 5. The van der Waals surface area contributed by atoms with Crippen LogP contribution in [0.2, 0.25) is 0 Å². The smallest absolute Gasteiger partial charge is 0.279 e. The predicted octanol–water partition coefficient (Wildman–Crippen LogP) is 4.51. The van der Waals surface area contributed by atoms with Crippen LogP contribution < -0.4 is 15.4 Å². The molecule has 0 bridgehead atoms. The zero-order chi connectivity index (χ0) is 22.7. The van der Waals surface area contributed by atoms with Gasteiger partial charge in [-0.1, -0.05) is 36.9 Å². The molecule has 1 fully saturated rings. The third kappa shape index (κ3) is 4.48. The molecular weight excluding hydrogens is 430 g/mol. The van der Waals surface area contributed by atoms with Crippen molar-refractivity contribution in [2.75, 3.05) is 17.7 Å². The Kier molecular flexibility index (Phi) is 6.46. The highest BCUT2D eigenvalue weighted by Gasteiger charge is 2.42. The summed E-state index contributed by atoms with van der Waals surface area (Å²) in [6.07, 6.45) is 4.75. The molecule has 0 atom stereocenters. The Hall–Kier alpha value is -3.32. The molecule has 166 valence electrons. The summed E-state index contributed by atoms with van der Waals surface area (Å²) in [5, 5.41) is 5.67. The minimum Gasteiger partial charge on any atom is -0.497 e. The number of anilines is 2. The number of ether oxygens (including phenoxy) is 1. The van der Waals surface area contributed by atoms with Gasteiger partial charge in [0.2, 0.25) is 0 Å². The SMILES string of the molecule is COc1cccc(NC(=O)c2ccc(NC3=C(Cl)C(=O)N(C4CCCCC4)C3=O)cc2)c1. The number of rotatable bonds is 6. The second-order valence-electron chi connectivity index (χ2n) is 7.85. The Labute approximate surface area is 191 Å². The second kappa shape index (κ2) is 9.44. The average molecular weight is 454 g/mol. The Balaban J connectivity index is 1.43. The van der Waals surface area contributed by atoms with Crippen LogP contribution in [0.5, 0.6) is 5.75 Å². The molecule has 8 heteroatoms. The van der Waals surface area contributed by atoms with Gasteiger partial charge in [0.05, 0.1) is 7.11 Å². The van der Waals surface area contributed by atoms with Crippen LogP contribution in [0.3, 0.4) is 0 Å². The number of carbonyl (C=O) groups excluding carboxylic acids is 3. The van der Waals surface area contributed by atoms with Crippen molar-refractivity contribution in [3.63, 3.8) is 0 Å². The molecule has 1 saturated carbocycles. The van der Waals surface area contributed by atoms with Gasteiger partial charge in [-0.2, -0.15) is 0 Å². The minimum atomic E-state index is -0.444. The first kappa shape index (κ1) is 21.9. The van der Waals surface area contributed by atoms with Gasteiger partial charge < -0.3 is 15.4 Å². The third-order valence-electron chi connectivity index (χ3n) is 5.74. The first-order valence-corrected chi connectivity index (χ1v) is 11.0. The van der Waals surface area contributed by atoms with Gasteiger partial charge in [-0.15, -0.1) is 0 Å². The van der Waals surface area contributed by atoms with Crippen LogP contribution in [-0.4, -0.2) is 35.8 Å². The normalized spacial score (nSPS) is 17.0. The monoisotopic (exact) mass is 453 g/mol. The van der Waals surface area contributed by atoms with E-state index in [1.165, 1.54) is 4.90 Å². The van der Waals surface area contributed by atoms with Gasteiger partial charge in [-0.05, 0) is 49.2 Å². The zero-order valence-electron chi connectivity index (χ0n) is 17.7.